The zero-order chi connectivity index (χ0) is 14.7. The molecule has 6 nitrogen and oxygen atoms in total. The van der Waals surface area contributed by atoms with Gasteiger partial charge in [0.25, 0.3) is 0 Å². The van der Waals surface area contributed by atoms with Crippen LogP contribution in [-0.2, 0) is 9.53 Å². The molecule has 2 aliphatic rings. The van der Waals surface area contributed by atoms with E-state index in [0.29, 0.717) is 6.04 Å². The van der Waals surface area contributed by atoms with Crippen LogP contribution in [0.1, 0.15) is 25.8 Å². The number of rotatable bonds is 3. The molecule has 21 heavy (non-hydrogen) atoms. The minimum absolute atomic E-state index is 0.0507. The fraction of sp³-hybridized carbons (Fsp3) is 0.733. The Morgan fingerprint density at radius 2 is 2.14 bits per heavy atom. The summed E-state index contributed by atoms with van der Waals surface area (Å²) in [5.74, 6) is 0.244. The quantitative estimate of drug-likeness (QED) is 0.825. The van der Waals surface area contributed by atoms with Gasteiger partial charge in [0.15, 0.2) is 0 Å². The molecule has 0 spiro atoms. The van der Waals surface area contributed by atoms with E-state index in [1.54, 1.807) is 6.20 Å². The van der Waals surface area contributed by atoms with Crippen molar-refractivity contribution < 1.29 is 9.53 Å². The maximum atomic E-state index is 12.7. The van der Waals surface area contributed by atoms with Crippen molar-refractivity contribution in [2.24, 2.45) is 0 Å². The summed E-state index contributed by atoms with van der Waals surface area (Å²) in [6.07, 6.45) is 5.94. The van der Waals surface area contributed by atoms with Crippen LogP contribution < -0.4 is 0 Å². The van der Waals surface area contributed by atoms with E-state index >= 15 is 0 Å². The molecular formula is C15H24N4O2. The number of ether oxygens (including phenoxy) is 1. The van der Waals surface area contributed by atoms with Gasteiger partial charge in [0.05, 0.1) is 25.3 Å². The SMILES string of the molecule is CC(C(=O)N1CCCC(n2cccn2)C1)N1CCOCC1. The molecule has 116 valence electrons. The van der Waals surface area contributed by atoms with Gasteiger partial charge in [-0.1, -0.05) is 0 Å². The van der Waals surface area contributed by atoms with Crippen molar-refractivity contribution >= 4 is 5.91 Å². The number of amides is 1. The zero-order valence-electron chi connectivity index (χ0n) is 12.6. The van der Waals surface area contributed by atoms with Crippen molar-refractivity contribution in [1.82, 2.24) is 19.6 Å². The topological polar surface area (TPSA) is 50.6 Å². The third-order valence-electron chi connectivity index (χ3n) is 4.56. The number of morpholine rings is 1. The minimum atomic E-state index is -0.0507. The molecule has 0 aromatic carbocycles. The highest BCUT2D eigenvalue weighted by Gasteiger charge is 2.31. The van der Waals surface area contributed by atoms with E-state index in [1.165, 1.54) is 0 Å². The molecule has 0 radical (unpaired) electrons. The highest BCUT2D eigenvalue weighted by molar-refractivity contribution is 5.81. The van der Waals surface area contributed by atoms with E-state index in [1.807, 2.05) is 28.8 Å². The number of hydrogen-bond donors (Lipinski definition) is 0. The third-order valence-corrected chi connectivity index (χ3v) is 4.56. The standard InChI is InChI=1S/C15H24N4O2/c1-13(17-8-10-21-11-9-17)15(20)18-6-2-4-14(12-18)19-7-3-5-16-19/h3,5,7,13-14H,2,4,6,8-12H2,1H3. The average Bonchev–Trinajstić information content (AvgIpc) is 3.09. The van der Waals surface area contributed by atoms with E-state index in [4.69, 9.17) is 4.74 Å². The fourth-order valence-electron chi connectivity index (χ4n) is 3.25. The molecule has 3 heterocycles. The summed E-state index contributed by atoms with van der Waals surface area (Å²) in [6, 6.07) is 2.21. The van der Waals surface area contributed by atoms with Crippen molar-refractivity contribution in [3.63, 3.8) is 0 Å². The Bertz CT molecular complexity index is 456. The Balaban J connectivity index is 1.61. The Kier molecular flexibility index (Phi) is 4.55. The average molecular weight is 292 g/mol. The predicted octanol–water partition coefficient (Wildman–Crippen LogP) is 0.767. The van der Waals surface area contributed by atoms with Crippen LogP contribution in [0.5, 0.6) is 0 Å². The van der Waals surface area contributed by atoms with E-state index in [2.05, 4.69) is 10.00 Å². The van der Waals surface area contributed by atoms with Crippen LogP contribution in [0, 0.1) is 0 Å². The Labute approximate surface area is 125 Å². The van der Waals surface area contributed by atoms with Crippen LogP contribution in [0.2, 0.25) is 0 Å². The van der Waals surface area contributed by atoms with E-state index < -0.39 is 0 Å². The second-order valence-electron chi connectivity index (χ2n) is 5.89. The summed E-state index contributed by atoms with van der Waals surface area (Å²) in [7, 11) is 0. The summed E-state index contributed by atoms with van der Waals surface area (Å²) in [5.41, 5.74) is 0. The van der Waals surface area contributed by atoms with Crippen molar-refractivity contribution in [3.05, 3.63) is 18.5 Å². The first-order valence-corrected chi connectivity index (χ1v) is 7.85. The highest BCUT2D eigenvalue weighted by Crippen LogP contribution is 2.22. The summed E-state index contributed by atoms with van der Waals surface area (Å²) in [6.45, 7) is 6.82. The van der Waals surface area contributed by atoms with Gasteiger partial charge in [-0.2, -0.15) is 5.10 Å². The molecule has 6 heteroatoms. The first kappa shape index (κ1) is 14.5. The molecule has 0 N–H and O–H groups in total. The molecule has 1 aromatic heterocycles. The lowest BCUT2D eigenvalue weighted by Crippen LogP contribution is -2.53. The molecule has 2 fully saturated rings. The maximum absolute atomic E-state index is 12.7. The monoisotopic (exact) mass is 292 g/mol. The molecule has 1 aromatic rings. The number of hydrogen-bond acceptors (Lipinski definition) is 4. The van der Waals surface area contributed by atoms with Gasteiger partial charge in [-0.05, 0) is 25.8 Å². The molecule has 2 atom stereocenters. The molecule has 0 aliphatic carbocycles. The smallest absolute Gasteiger partial charge is 0.239 e. The number of carbonyl (C=O) groups is 1. The lowest BCUT2D eigenvalue weighted by atomic mass is 10.0. The minimum Gasteiger partial charge on any atom is -0.379 e. The van der Waals surface area contributed by atoms with Crippen LogP contribution in [0.15, 0.2) is 18.5 Å². The Hall–Kier alpha value is -1.40. The number of piperidine rings is 1. The number of likely N-dealkylation sites (tertiary alicyclic amines) is 1. The van der Waals surface area contributed by atoms with Gasteiger partial charge in [0, 0.05) is 38.6 Å². The molecule has 0 saturated carbocycles. The van der Waals surface area contributed by atoms with Crippen LogP contribution in [0.4, 0.5) is 0 Å². The van der Waals surface area contributed by atoms with Gasteiger partial charge in [0.1, 0.15) is 0 Å². The van der Waals surface area contributed by atoms with Crippen molar-refractivity contribution in [3.8, 4) is 0 Å². The van der Waals surface area contributed by atoms with Crippen LogP contribution in [0.25, 0.3) is 0 Å². The first-order chi connectivity index (χ1) is 10.3. The predicted molar refractivity (Wildman–Crippen MR) is 78.9 cm³/mol. The number of nitrogens with zero attached hydrogens (tertiary/aromatic N) is 4. The van der Waals surface area contributed by atoms with Crippen LogP contribution >= 0.6 is 0 Å². The van der Waals surface area contributed by atoms with Gasteiger partial charge in [-0.15, -0.1) is 0 Å². The molecule has 2 unspecified atom stereocenters. The van der Waals surface area contributed by atoms with Gasteiger partial charge < -0.3 is 9.64 Å². The van der Waals surface area contributed by atoms with Crippen molar-refractivity contribution in [2.75, 3.05) is 39.4 Å². The molecule has 2 aliphatic heterocycles. The molecule has 3 rings (SSSR count). The van der Waals surface area contributed by atoms with Crippen LogP contribution in [-0.4, -0.2) is 70.9 Å². The summed E-state index contributed by atoms with van der Waals surface area (Å²) < 4.78 is 7.35. The summed E-state index contributed by atoms with van der Waals surface area (Å²) >= 11 is 0. The number of aromatic nitrogens is 2. The van der Waals surface area contributed by atoms with Gasteiger partial charge >= 0.3 is 0 Å². The van der Waals surface area contributed by atoms with Gasteiger partial charge in [-0.3, -0.25) is 14.4 Å². The van der Waals surface area contributed by atoms with Gasteiger partial charge in [-0.25, -0.2) is 0 Å². The highest BCUT2D eigenvalue weighted by atomic mass is 16.5. The zero-order valence-corrected chi connectivity index (χ0v) is 12.6. The second-order valence-corrected chi connectivity index (χ2v) is 5.89. The third kappa shape index (κ3) is 3.27. The van der Waals surface area contributed by atoms with Gasteiger partial charge in [0.2, 0.25) is 5.91 Å². The summed E-state index contributed by atoms with van der Waals surface area (Å²) in [4.78, 5) is 17.0. The van der Waals surface area contributed by atoms with E-state index in [-0.39, 0.29) is 11.9 Å². The molecule has 1 amide bonds. The second kappa shape index (κ2) is 6.58. The van der Waals surface area contributed by atoms with E-state index in [9.17, 15) is 4.79 Å². The van der Waals surface area contributed by atoms with E-state index in [0.717, 1.165) is 52.2 Å². The molecule has 0 bridgehead atoms. The van der Waals surface area contributed by atoms with Crippen LogP contribution in [0.3, 0.4) is 0 Å². The first-order valence-electron chi connectivity index (χ1n) is 7.85. The number of carbonyl (C=O) groups excluding carboxylic acids is 1. The molecule has 2 saturated heterocycles. The Morgan fingerprint density at radius 1 is 1.33 bits per heavy atom. The normalized spacial score (nSPS) is 25.8. The van der Waals surface area contributed by atoms with Crippen molar-refractivity contribution in [1.29, 1.82) is 0 Å². The van der Waals surface area contributed by atoms with Crippen molar-refractivity contribution in [2.45, 2.75) is 31.8 Å². The largest absolute Gasteiger partial charge is 0.379 e. The Morgan fingerprint density at radius 3 is 2.86 bits per heavy atom. The summed E-state index contributed by atoms with van der Waals surface area (Å²) in [5, 5.41) is 4.32. The fourth-order valence-corrected chi connectivity index (χ4v) is 3.25. The lowest BCUT2D eigenvalue weighted by molar-refractivity contribution is -0.139. The maximum Gasteiger partial charge on any atom is 0.239 e. The molecular weight excluding hydrogens is 268 g/mol. The lowest BCUT2D eigenvalue weighted by Gasteiger charge is -2.38.